The highest BCUT2D eigenvalue weighted by Crippen LogP contribution is 2.23. The van der Waals surface area contributed by atoms with Crippen molar-refractivity contribution in [3.05, 3.63) is 41.5 Å². The van der Waals surface area contributed by atoms with Gasteiger partial charge in [-0.05, 0) is 44.1 Å². The molecule has 2 N–H and O–H groups in total. The third-order valence-electron chi connectivity index (χ3n) is 4.16. The van der Waals surface area contributed by atoms with Gasteiger partial charge >= 0.3 is 0 Å². The zero-order valence-corrected chi connectivity index (χ0v) is 12.7. The number of benzene rings is 1. The van der Waals surface area contributed by atoms with E-state index in [0.29, 0.717) is 12.3 Å². The predicted octanol–water partition coefficient (Wildman–Crippen LogP) is 3.07. The first-order valence-electron chi connectivity index (χ1n) is 7.81. The van der Waals surface area contributed by atoms with E-state index < -0.39 is 0 Å². The number of hydrogen-bond acceptors (Lipinski definition) is 2. The van der Waals surface area contributed by atoms with Crippen molar-refractivity contribution in [1.29, 1.82) is 0 Å². The Hall–Kier alpha value is -1.61. The van der Waals surface area contributed by atoms with Crippen molar-refractivity contribution in [1.82, 2.24) is 5.32 Å². The Morgan fingerprint density at radius 3 is 2.52 bits per heavy atom. The lowest BCUT2D eigenvalue weighted by Gasteiger charge is -2.27. The fraction of sp³-hybridized carbons (Fsp3) is 0.500. The maximum absolute atomic E-state index is 11.9. The molecule has 1 aromatic rings. The molecular weight excluding hydrogens is 262 g/mol. The minimum atomic E-state index is 0.0887. The second-order valence-corrected chi connectivity index (χ2v) is 5.98. The van der Waals surface area contributed by atoms with Crippen LogP contribution in [0.15, 0.2) is 30.3 Å². The molecule has 0 radical (unpaired) electrons. The molecule has 0 spiro atoms. The van der Waals surface area contributed by atoms with E-state index in [2.05, 4.69) is 36.5 Å². The lowest BCUT2D eigenvalue weighted by molar-refractivity contribution is -0.121. The molecule has 1 aliphatic rings. The highest BCUT2D eigenvalue weighted by molar-refractivity contribution is 5.78. The third-order valence-corrected chi connectivity index (χ3v) is 4.16. The van der Waals surface area contributed by atoms with Crippen LogP contribution < -0.4 is 5.32 Å². The lowest BCUT2D eigenvalue weighted by atomic mass is 9.86. The number of aliphatic hydroxyl groups excluding tert-OH is 1. The first-order chi connectivity index (χ1) is 10.2. The van der Waals surface area contributed by atoms with Crippen molar-refractivity contribution >= 4 is 12.0 Å². The Bertz CT molecular complexity index is 470. The van der Waals surface area contributed by atoms with Gasteiger partial charge in [0, 0.05) is 19.1 Å². The van der Waals surface area contributed by atoms with Crippen molar-refractivity contribution in [2.24, 2.45) is 5.92 Å². The average Bonchev–Trinajstić information content (AvgIpc) is 2.50. The SMILES string of the molecule is Cc1ccc(/C=C/CC(=O)NC2CCC(CO)CC2)cc1. The van der Waals surface area contributed by atoms with Crippen LogP contribution >= 0.6 is 0 Å². The summed E-state index contributed by atoms with van der Waals surface area (Å²) in [5.74, 6) is 0.519. The molecule has 0 saturated heterocycles. The molecule has 0 heterocycles. The first kappa shape index (κ1) is 15.8. The Balaban J connectivity index is 1.71. The standard InChI is InChI=1S/C18H25NO2/c1-14-5-7-15(8-6-14)3-2-4-18(21)19-17-11-9-16(13-20)10-12-17/h2-3,5-8,16-17,20H,4,9-13H2,1H3,(H,19,21)/b3-2+. The minimum Gasteiger partial charge on any atom is -0.396 e. The Kier molecular flexibility index (Phi) is 6.00. The minimum absolute atomic E-state index is 0.0887. The van der Waals surface area contributed by atoms with Crippen LogP contribution in [0.1, 0.15) is 43.2 Å². The average molecular weight is 287 g/mol. The summed E-state index contributed by atoms with van der Waals surface area (Å²) in [6.07, 6.45) is 8.33. The van der Waals surface area contributed by atoms with E-state index in [1.807, 2.05) is 12.2 Å². The summed E-state index contributed by atoms with van der Waals surface area (Å²) >= 11 is 0. The van der Waals surface area contributed by atoms with Crippen molar-refractivity contribution in [2.45, 2.75) is 45.1 Å². The van der Waals surface area contributed by atoms with E-state index >= 15 is 0 Å². The second-order valence-electron chi connectivity index (χ2n) is 5.98. The highest BCUT2D eigenvalue weighted by atomic mass is 16.3. The number of aliphatic hydroxyl groups is 1. The second kappa shape index (κ2) is 7.99. The molecule has 21 heavy (non-hydrogen) atoms. The van der Waals surface area contributed by atoms with Crippen LogP contribution in [0.4, 0.5) is 0 Å². The number of nitrogens with one attached hydrogen (secondary N) is 1. The van der Waals surface area contributed by atoms with E-state index in [1.165, 1.54) is 5.56 Å². The molecule has 1 aliphatic carbocycles. The van der Waals surface area contributed by atoms with Gasteiger partial charge in [-0.1, -0.05) is 42.0 Å². The van der Waals surface area contributed by atoms with Crippen LogP contribution in [-0.2, 0) is 4.79 Å². The lowest BCUT2D eigenvalue weighted by Crippen LogP contribution is -2.37. The van der Waals surface area contributed by atoms with Crippen LogP contribution in [0, 0.1) is 12.8 Å². The van der Waals surface area contributed by atoms with E-state index in [-0.39, 0.29) is 18.6 Å². The van der Waals surface area contributed by atoms with Gasteiger partial charge in [0.2, 0.25) is 5.91 Å². The summed E-state index contributed by atoms with van der Waals surface area (Å²) in [6.45, 7) is 2.34. The van der Waals surface area contributed by atoms with Gasteiger partial charge in [0.1, 0.15) is 0 Å². The quantitative estimate of drug-likeness (QED) is 0.874. The molecule has 0 aromatic heterocycles. The number of amides is 1. The van der Waals surface area contributed by atoms with Crippen LogP contribution in [0.3, 0.4) is 0 Å². The summed E-state index contributed by atoms with van der Waals surface area (Å²) in [7, 11) is 0. The molecule has 1 fully saturated rings. The molecule has 1 aromatic carbocycles. The number of hydrogen-bond donors (Lipinski definition) is 2. The van der Waals surface area contributed by atoms with E-state index in [1.54, 1.807) is 0 Å². The van der Waals surface area contributed by atoms with Crippen molar-refractivity contribution in [3.63, 3.8) is 0 Å². The molecule has 3 nitrogen and oxygen atoms in total. The topological polar surface area (TPSA) is 49.3 Å². The summed E-state index contributed by atoms with van der Waals surface area (Å²) in [5.41, 5.74) is 2.36. The molecule has 3 heteroatoms. The fourth-order valence-corrected chi connectivity index (χ4v) is 2.76. The number of aryl methyl sites for hydroxylation is 1. The maximum Gasteiger partial charge on any atom is 0.224 e. The smallest absolute Gasteiger partial charge is 0.224 e. The number of carbonyl (C=O) groups is 1. The Labute approximate surface area is 127 Å². The van der Waals surface area contributed by atoms with Gasteiger partial charge in [-0.15, -0.1) is 0 Å². The van der Waals surface area contributed by atoms with Gasteiger partial charge in [0.25, 0.3) is 0 Å². The Morgan fingerprint density at radius 1 is 1.24 bits per heavy atom. The molecule has 114 valence electrons. The van der Waals surface area contributed by atoms with Crippen molar-refractivity contribution in [2.75, 3.05) is 6.61 Å². The van der Waals surface area contributed by atoms with E-state index in [9.17, 15) is 4.79 Å². The molecule has 0 atom stereocenters. The maximum atomic E-state index is 11.9. The molecule has 0 unspecified atom stereocenters. The zero-order valence-electron chi connectivity index (χ0n) is 12.7. The van der Waals surface area contributed by atoms with Gasteiger partial charge in [0.05, 0.1) is 0 Å². The number of carbonyl (C=O) groups excluding carboxylic acids is 1. The molecule has 0 bridgehead atoms. The van der Waals surface area contributed by atoms with Crippen molar-refractivity contribution in [3.8, 4) is 0 Å². The van der Waals surface area contributed by atoms with Crippen LogP contribution in [0.5, 0.6) is 0 Å². The predicted molar refractivity (Wildman–Crippen MR) is 85.8 cm³/mol. The van der Waals surface area contributed by atoms with Gasteiger partial charge in [0.15, 0.2) is 0 Å². The van der Waals surface area contributed by atoms with Gasteiger partial charge in [-0.25, -0.2) is 0 Å². The molecular formula is C18H25NO2. The summed E-state index contributed by atoms with van der Waals surface area (Å²) in [6, 6.07) is 8.53. The third kappa shape index (κ3) is 5.35. The molecule has 2 rings (SSSR count). The normalized spacial score (nSPS) is 22.4. The Morgan fingerprint density at radius 2 is 1.90 bits per heavy atom. The van der Waals surface area contributed by atoms with Crippen LogP contribution in [-0.4, -0.2) is 23.7 Å². The zero-order chi connectivity index (χ0) is 15.1. The monoisotopic (exact) mass is 287 g/mol. The first-order valence-corrected chi connectivity index (χ1v) is 7.81. The highest BCUT2D eigenvalue weighted by Gasteiger charge is 2.21. The summed E-state index contributed by atoms with van der Waals surface area (Å²) in [4.78, 5) is 11.9. The largest absolute Gasteiger partial charge is 0.396 e. The van der Waals surface area contributed by atoms with Gasteiger partial charge < -0.3 is 10.4 Å². The number of rotatable bonds is 5. The van der Waals surface area contributed by atoms with E-state index in [0.717, 1.165) is 31.2 Å². The summed E-state index contributed by atoms with van der Waals surface area (Å²) in [5, 5.41) is 12.2. The molecule has 1 amide bonds. The van der Waals surface area contributed by atoms with Crippen LogP contribution in [0.2, 0.25) is 0 Å². The van der Waals surface area contributed by atoms with Gasteiger partial charge in [-0.3, -0.25) is 4.79 Å². The van der Waals surface area contributed by atoms with Gasteiger partial charge in [-0.2, -0.15) is 0 Å². The fourth-order valence-electron chi connectivity index (χ4n) is 2.76. The van der Waals surface area contributed by atoms with Crippen molar-refractivity contribution < 1.29 is 9.90 Å². The van der Waals surface area contributed by atoms with Crippen LogP contribution in [0.25, 0.3) is 6.08 Å². The van der Waals surface area contributed by atoms with E-state index in [4.69, 9.17) is 5.11 Å². The molecule has 1 saturated carbocycles. The molecule has 0 aliphatic heterocycles. The summed E-state index contributed by atoms with van der Waals surface area (Å²) < 4.78 is 0.